The van der Waals surface area contributed by atoms with E-state index in [2.05, 4.69) is 20.7 Å². The predicted molar refractivity (Wildman–Crippen MR) is 131 cm³/mol. The number of hydrogen-bond acceptors (Lipinski definition) is 10. The molecule has 0 aliphatic carbocycles. The molecular weight excluding hydrogens is 526 g/mol. The monoisotopic (exact) mass is 550 g/mol. The van der Waals surface area contributed by atoms with Crippen molar-refractivity contribution in [3.63, 3.8) is 0 Å². The van der Waals surface area contributed by atoms with Crippen LogP contribution < -0.4 is 26.8 Å². The van der Waals surface area contributed by atoms with Crippen LogP contribution in [0.4, 0.5) is 26.4 Å². The minimum atomic E-state index is -4.30. The molecule has 1 atom stereocenters. The molecule has 16 heteroatoms. The van der Waals surface area contributed by atoms with Gasteiger partial charge in [0.2, 0.25) is 17.8 Å². The van der Waals surface area contributed by atoms with Gasteiger partial charge in [0.25, 0.3) is 21.8 Å². The maximum atomic E-state index is 14.0. The van der Waals surface area contributed by atoms with Crippen molar-refractivity contribution >= 4 is 45.3 Å². The number of aromatic nitrogens is 3. The molecule has 0 saturated heterocycles. The summed E-state index contributed by atoms with van der Waals surface area (Å²) in [4.78, 5) is 40.2. The molecule has 0 spiro atoms. The second kappa shape index (κ2) is 10.5. The van der Waals surface area contributed by atoms with E-state index >= 15 is 0 Å². The molecule has 0 unspecified atom stereocenters. The van der Waals surface area contributed by atoms with Crippen LogP contribution in [0.15, 0.2) is 47.4 Å². The molecule has 0 aliphatic heterocycles. The van der Waals surface area contributed by atoms with E-state index in [9.17, 15) is 31.6 Å². The van der Waals surface area contributed by atoms with Gasteiger partial charge in [-0.2, -0.15) is 9.67 Å². The number of nitrogens with one attached hydrogen (secondary N) is 3. The number of hydrogen-bond donors (Lipinski definition) is 5. The molecule has 7 N–H and O–H groups in total. The number of nitrogens with two attached hydrogens (primary N) is 2. The molecule has 1 heterocycles. The van der Waals surface area contributed by atoms with Crippen LogP contribution in [-0.2, 0) is 19.6 Å². The first-order chi connectivity index (χ1) is 17.6. The molecule has 0 fully saturated rings. The van der Waals surface area contributed by atoms with Gasteiger partial charge < -0.3 is 22.1 Å². The van der Waals surface area contributed by atoms with E-state index in [1.807, 2.05) is 4.72 Å². The summed E-state index contributed by atoms with van der Waals surface area (Å²) in [6.07, 6.45) is 0. The maximum absolute atomic E-state index is 14.0. The second-order valence-corrected chi connectivity index (χ2v) is 10.3. The highest BCUT2D eigenvalue weighted by Crippen LogP contribution is 2.20. The molecule has 1 aromatic heterocycles. The Morgan fingerprint density at radius 1 is 1.05 bits per heavy atom. The summed E-state index contributed by atoms with van der Waals surface area (Å²) >= 11 is 0. The van der Waals surface area contributed by atoms with Gasteiger partial charge in [-0.25, -0.2) is 21.9 Å². The number of amides is 2. The summed E-state index contributed by atoms with van der Waals surface area (Å²) in [5.74, 6) is -5.70. The Morgan fingerprint density at radius 3 is 2.18 bits per heavy atom. The standard InChI is InChI=1S/C22H24F2N8O5S/c1-11(27-19(35)22(2,3)26)17(33)31-38(36,37)13-9-7-12(8-10-13)28-21-29-20(25)32(30-21)18(34)16-14(23)5-4-6-15(16)24/h4-11H,26H2,1-3H3,(H,27,35)(H,31,33)(H3,25,28,29,30)/t11-/m0/s1. The van der Waals surface area contributed by atoms with Gasteiger partial charge >= 0.3 is 0 Å². The number of nitrogens with zero attached hydrogens (tertiary/aromatic N) is 3. The number of anilines is 3. The number of nitrogen functional groups attached to an aromatic ring is 1. The fourth-order valence-corrected chi connectivity index (χ4v) is 3.96. The topological polar surface area (TPSA) is 204 Å². The zero-order valence-corrected chi connectivity index (χ0v) is 21.1. The van der Waals surface area contributed by atoms with E-state index in [4.69, 9.17) is 11.5 Å². The SMILES string of the molecule is C[C@H](NC(=O)C(C)(C)N)C(=O)NS(=O)(=O)c1ccc(Nc2nc(N)n(C(=O)c3c(F)cccc3F)n2)cc1. The number of sulfonamides is 1. The molecule has 3 rings (SSSR count). The van der Waals surface area contributed by atoms with Crippen molar-refractivity contribution < 1.29 is 31.6 Å². The summed E-state index contributed by atoms with van der Waals surface area (Å²) in [7, 11) is -4.30. The van der Waals surface area contributed by atoms with Gasteiger partial charge in [0.1, 0.15) is 23.2 Å². The summed E-state index contributed by atoms with van der Waals surface area (Å²) in [6, 6.07) is 6.63. The quantitative estimate of drug-likeness (QED) is 0.264. The van der Waals surface area contributed by atoms with E-state index in [0.717, 1.165) is 30.3 Å². The molecule has 0 bridgehead atoms. The Morgan fingerprint density at radius 2 is 1.63 bits per heavy atom. The lowest BCUT2D eigenvalue weighted by Crippen LogP contribution is -2.55. The zero-order chi connectivity index (χ0) is 28.4. The summed E-state index contributed by atoms with van der Waals surface area (Å²) < 4.78 is 55.4. The Kier molecular flexibility index (Phi) is 7.78. The highest BCUT2D eigenvalue weighted by atomic mass is 32.2. The van der Waals surface area contributed by atoms with Gasteiger partial charge in [0, 0.05) is 5.69 Å². The molecule has 0 saturated carbocycles. The van der Waals surface area contributed by atoms with Crippen LogP contribution in [0.1, 0.15) is 31.1 Å². The highest BCUT2D eigenvalue weighted by Gasteiger charge is 2.28. The van der Waals surface area contributed by atoms with E-state index in [1.54, 1.807) is 0 Å². The predicted octanol–water partition coefficient (Wildman–Crippen LogP) is 0.618. The van der Waals surface area contributed by atoms with Gasteiger partial charge in [-0.05, 0) is 57.2 Å². The number of rotatable bonds is 8. The summed E-state index contributed by atoms with van der Waals surface area (Å²) in [5, 5.41) is 8.79. The first-order valence-corrected chi connectivity index (χ1v) is 12.3. The van der Waals surface area contributed by atoms with E-state index in [0.29, 0.717) is 4.68 Å². The van der Waals surface area contributed by atoms with Gasteiger partial charge in [-0.3, -0.25) is 14.4 Å². The van der Waals surface area contributed by atoms with Crippen LogP contribution in [0.5, 0.6) is 0 Å². The molecule has 2 aromatic carbocycles. The molecule has 0 radical (unpaired) electrons. The Bertz CT molecular complexity index is 1480. The molecule has 202 valence electrons. The lowest BCUT2D eigenvalue weighted by Gasteiger charge is -2.21. The Labute approximate surface area is 215 Å². The molecule has 13 nitrogen and oxygen atoms in total. The van der Waals surface area contributed by atoms with Crippen LogP contribution in [0, 0.1) is 11.6 Å². The molecular formula is C22H24F2N8O5S. The number of halogens is 2. The van der Waals surface area contributed by atoms with E-state index in [-0.39, 0.29) is 16.5 Å². The lowest BCUT2D eigenvalue weighted by molar-refractivity contribution is -0.130. The average molecular weight is 551 g/mol. The second-order valence-electron chi connectivity index (χ2n) is 8.64. The molecule has 0 aliphatic rings. The minimum Gasteiger partial charge on any atom is -0.368 e. The van der Waals surface area contributed by atoms with Crippen molar-refractivity contribution in [3.05, 3.63) is 59.7 Å². The van der Waals surface area contributed by atoms with Crippen LogP contribution in [0.2, 0.25) is 0 Å². The molecule has 38 heavy (non-hydrogen) atoms. The van der Waals surface area contributed by atoms with Crippen molar-refractivity contribution in [1.29, 1.82) is 0 Å². The Balaban J connectivity index is 1.71. The van der Waals surface area contributed by atoms with Crippen molar-refractivity contribution in [2.45, 2.75) is 37.2 Å². The maximum Gasteiger partial charge on any atom is 0.287 e. The van der Waals surface area contributed by atoms with Crippen LogP contribution in [0.25, 0.3) is 0 Å². The lowest BCUT2D eigenvalue weighted by atomic mass is 10.1. The van der Waals surface area contributed by atoms with Crippen molar-refractivity contribution in [1.82, 2.24) is 24.8 Å². The fraction of sp³-hybridized carbons (Fsp3) is 0.227. The van der Waals surface area contributed by atoms with E-state index in [1.165, 1.54) is 32.9 Å². The largest absolute Gasteiger partial charge is 0.368 e. The number of carbonyl (C=O) groups excluding carboxylic acids is 3. The third-order valence-corrected chi connectivity index (χ3v) is 6.35. The van der Waals surface area contributed by atoms with Gasteiger partial charge in [0.15, 0.2) is 0 Å². The first-order valence-electron chi connectivity index (χ1n) is 10.8. The Hall–Kier alpha value is -4.44. The third-order valence-electron chi connectivity index (χ3n) is 4.98. The van der Waals surface area contributed by atoms with Crippen LogP contribution in [0.3, 0.4) is 0 Å². The van der Waals surface area contributed by atoms with Gasteiger partial charge in [0.05, 0.1) is 10.4 Å². The zero-order valence-electron chi connectivity index (χ0n) is 20.3. The summed E-state index contributed by atoms with van der Waals surface area (Å²) in [5.41, 5.74) is 9.43. The number of benzene rings is 2. The van der Waals surface area contributed by atoms with Crippen molar-refractivity contribution in [3.8, 4) is 0 Å². The first kappa shape index (κ1) is 28.1. The number of carbonyl (C=O) groups is 3. The summed E-state index contributed by atoms with van der Waals surface area (Å²) in [6.45, 7) is 4.15. The normalized spacial score (nSPS) is 12.5. The van der Waals surface area contributed by atoms with Gasteiger partial charge in [-0.1, -0.05) is 6.07 Å². The smallest absolute Gasteiger partial charge is 0.287 e. The van der Waals surface area contributed by atoms with Crippen LogP contribution >= 0.6 is 0 Å². The van der Waals surface area contributed by atoms with Crippen molar-refractivity contribution in [2.24, 2.45) is 5.73 Å². The molecule has 3 aromatic rings. The van der Waals surface area contributed by atoms with E-state index < -0.39 is 62.5 Å². The minimum absolute atomic E-state index is 0.219. The van der Waals surface area contributed by atoms with Crippen molar-refractivity contribution in [2.75, 3.05) is 11.1 Å². The third kappa shape index (κ3) is 6.27. The van der Waals surface area contributed by atoms with Crippen LogP contribution in [-0.4, -0.2) is 52.5 Å². The average Bonchev–Trinajstić information content (AvgIpc) is 3.18. The fourth-order valence-electron chi connectivity index (χ4n) is 2.91. The van der Waals surface area contributed by atoms with Gasteiger partial charge in [-0.15, -0.1) is 5.10 Å². The highest BCUT2D eigenvalue weighted by molar-refractivity contribution is 7.90. The molecule has 2 amide bonds.